The van der Waals surface area contributed by atoms with Crippen LogP contribution in [-0.4, -0.2) is 25.1 Å². The average molecular weight is 250 g/mol. The lowest BCUT2D eigenvalue weighted by molar-refractivity contribution is -0.119. The summed E-state index contributed by atoms with van der Waals surface area (Å²) in [7, 11) is 0. The lowest BCUT2D eigenvalue weighted by atomic mass is 10.2. The fourth-order valence-electron chi connectivity index (χ4n) is 1.53. The van der Waals surface area contributed by atoms with Crippen LogP contribution in [0.15, 0.2) is 30.3 Å². The van der Waals surface area contributed by atoms with E-state index in [2.05, 4.69) is 5.32 Å². The summed E-state index contributed by atoms with van der Waals surface area (Å²) in [6.45, 7) is 3.33. The van der Waals surface area contributed by atoms with Crippen molar-refractivity contribution in [2.75, 3.05) is 13.2 Å². The first kappa shape index (κ1) is 14.5. The molecular formula is C14H22N2O2. The van der Waals surface area contributed by atoms with Crippen LogP contribution < -0.4 is 15.8 Å². The van der Waals surface area contributed by atoms with Crippen molar-refractivity contribution in [2.45, 2.75) is 32.2 Å². The molecule has 1 rings (SSSR count). The van der Waals surface area contributed by atoms with Crippen LogP contribution in [0.25, 0.3) is 0 Å². The van der Waals surface area contributed by atoms with Crippen molar-refractivity contribution in [1.82, 2.24) is 5.32 Å². The Morgan fingerprint density at radius 2 is 2.00 bits per heavy atom. The topological polar surface area (TPSA) is 64.3 Å². The number of para-hydroxylation sites is 1. The first-order chi connectivity index (χ1) is 8.70. The highest BCUT2D eigenvalue weighted by Gasteiger charge is 2.05. The molecule has 0 aliphatic heterocycles. The normalized spacial score (nSPS) is 12.1. The van der Waals surface area contributed by atoms with E-state index in [4.69, 9.17) is 10.5 Å². The summed E-state index contributed by atoms with van der Waals surface area (Å²) >= 11 is 0. The number of nitrogens with one attached hydrogen (secondary N) is 1. The Balaban J connectivity index is 1.95. The molecule has 0 saturated heterocycles. The molecule has 1 aromatic rings. The van der Waals surface area contributed by atoms with E-state index in [1.54, 1.807) is 6.92 Å². The third-order valence-electron chi connectivity index (χ3n) is 2.71. The predicted molar refractivity (Wildman–Crippen MR) is 72.4 cm³/mol. The molecule has 1 amide bonds. The van der Waals surface area contributed by atoms with E-state index >= 15 is 0 Å². The number of carbonyl (C=O) groups is 1. The van der Waals surface area contributed by atoms with E-state index < -0.39 is 0 Å². The van der Waals surface area contributed by atoms with Gasteiger partial charge in [0.1, 0.15) is 5.75 Å². The van der Waals surface area contributed by atoms with Crippen LogP contribution in [-0.2, 0) is 4.79 Å². The molecule has 3 N–H and O–H groups in total. The van der Waals surface area contributed by atoms with Gasteiger partial charge in [0.15, 0.2) is 0 Å². The predicted octanol–water partition coefficient (Wildman–Crippen LogP) is 1.70. The highest BCUT2D eigenvalue weighted by molar-refractivity contribution is 5.79. The monoisotopic (exact) mass is 250 g/mol. The average Bonchev–Trinajstić information content (AvgIpc) is 2.38. The maximum Gasteiger partial charge on any atom is 0.234 e. The van der Waals surface area contributed by atoms with Crippen molar-refractivity contribution in [3.8, 4) is 5.75 Å². The van der Waals surface area contributed by atoms with Gasteiger partial charge in [-0.2, -0.15) is 0 Å². The van der Waals surface area contributed by atoms with Gasteiger partial charge in [-0.25, -0.2) is 0 Å². The molecule has 0 radical (unpaired) electrons. The zero-order valence-electron chi connectivity index (χ0n) is 10.9. The summed E-state index contributed by atoms with van der Waals surface area (Å²) < 4.78 is 5.58. The molecule has 18 heavy (non-hydrogen) atoms. The molecule has 0 aliphatic rings. The Labute approximate surface area is 109 Å². The Morgan fingerprint density at radius 1 is 1.28 bits per heavy atom. The van der Waals surface area contributed by atoms with Crippen molar-refractivity contribution < 1.29 is 9.53 Å². The van der Waals surface area contributed by atoms with Gasteiger partial charge in [-0.1, -0.05) is 18.2 Å². The number of hydrogen-bond acceptors (Lipinski definition) is 3. The molecule has 4 nitrogen and oxygen atoms in total. The quantitative estimate of drug-likeness (QED) is 0.656. The summed E-state index contributed by atoms with van der Waals surface area (Å²) in [5, 5.41) is 3.08. The van der Waals surface area contributed by atoms with Crippen molar-refractivity contribution in [1.29, 1.82) is 0 Å². The SMILES string of the molecule is CC(NCCCCCOc1ccccc1)C(N)=O. The molecule has 0 bridgehead atoms. The van der Waals surface area contributed by atoms with Gasteiger partial charge in [-0.3, -0.25) is 4.79 Å². The molecule has 1 atom stereocenters. The minimum absolute atomic E-state index is 0.245. The van der Waals surface area contributed by atoms with Gasteiger partial charge in [0, 0.05) is 0 Å². The standard InChI is InChI=1S/C14H22N2O2/c1-12(14(15)17)16-10-6-3-7-11-18-13-8-4-2-5-9-13/h2,4-5,8-9,12,16H,3,6-7,10-11H2,1H3,(H2,15,17). The highest BCUT2D eigenvalue weighted by Crippen LogP contribution is 2.09. The molecule has 0 heterocycles. The number of benzene rings is 1. The van der Waals surface area contributed by atoms with E-state index in [0.29, 0.717) is 0 Å². The van der Waals surface area contributed by atoms with E-state index in [-0.39, 0.29) is 11.9 Å². The smallest absolute Gasteiger partial charge is 0.234 e. The fourth-order valence-corrected chi connectivity index (χ4v) is 1.53. The maximum atomic E-state index is 10.8. The second-order valence-electron chi connectivity index (χ2n) is 4.30. The van der Waals surface area contributed by atoms with Crippen molar-refractivity contribution in [3.05, 3.63) is 30.3 Å². The first-order valence-electron chi connectivity index (χ1n) is 6.40. The maximum absolute atomic E-state index is 10.8. The fraction of sp³-hybridized carbons (Fsp3) is 0.500. The van der Waals surface area contributed by atoms with E-state index in [1.165, 1.54) is 0 Å². The van der Waals surface area contributed by atoms with E-state index in [1.807, 2.05) is 30.3 Å². The minimum atomic E-state index is -0.303. The number of hydrogen-bond donors (Lipinski definition) is 2. The van der Waals surface area contributed by atoms with Gasteiger partial charge in [0.05, 0.1) is 12.6 Å². The van der Waals surface area contributed by atoms with Crippen molar-refractivity contribution in [2.24, 2.45) is 5.73 Å². The molecule has 0 fully saturated rings. The highest BCUT2D eigenvalue weighted by atomic mass is 16.5. The molecular weight excluding hydrogens is 228 g/mol. The summed E-state index contributed by atoms with van der Waals surface area (Å²) in [5.74, 6) is 0.611. The molecule has 4 heteroatoms. The van der Waals surface area contributed by atoms with Crippen LogP contribution in [0, 0.1) is 0 Å². The Morgan fingerprint density at radius 3 is 2.67 bits per heavy atom. The minimum Gasteiger partial charge on any atom is -0.494 e. The second kappa shape index (κ2) is 8.53. The number of rotatable bonds is 9. The van der Waals surface area contributed by atoms with Gasteiger partial charge in [-0.05, 0) is 44.9 Å². The summed E-state index contributed by atoms with van der Waals surface area (Å²) in [5.41, 5.74) is 5.14. The van der Waals surface area contributed by atoms with Crippen LogP contribution in [0.4, 0.5) is 0 Å². The van der Waals surface area contributed by atoms with Gasteiger partial charge in [0.25, 0.3) is 0 Å². The Kier molecular flexibility index (Phi) is 6.87. The van der Waals surface area contributed by atoms with Crippen molar-refractivity contribution in [3.63, 3.8) is 0 Å². The number of nitrogens with two attached hydrogens (primary N) is 1. The number of amides is 1. The van der Waals surface area contributed by atoms with Gasteiger partial charge < -0.3 is 15.8 Å². The van der Waals surface area contributed by atoms with Crippen molar-refractivity contribution >= 4 is 5.91 Å². The van der Waals surface area contributed by atoms with Crippen LogP contribution in [0.3, 0.4) is 0 Å². The lowest BCUT2D eigenvalue weighted by Gasteiger charge is -2.09. The van der Waals surface area contributed by atoms with E-state index in [9.17, 15) is 4.79 Å². The largest absolute Gasteiger partial charge is 0.494 e. The molecule has 1 unspecified atom stereocenters. The summed E-state index contributed by atoms with van der Waals surface area (Å²) in [6, 6.07) is 9.56. The van der Waals surface area contributed by atoms with Gasteiger partial charge in [-0.15, -0.1) is 0 Å². The summed E-state index contributed by atoms with van der Waals surface area (Å²) in [4.78, 5) is 10.8. The zero-order chi connectivity index (χ0) is 13.2. The summed E-state index contributed by atoms with van der Waals surface area (Å²) in [6.07, 6.45) is 3.11. The van der Waals surface area contributed by atoms with Crippen LogP contribution in [0.5, 0.6) is 5.75 Å². The number of primary amides is 1. The van der Waals surface area contributed by atoms with Gasteiger partial charge in [0.2, 0.25) is 5.91 Å². The first-order valence-corrected chi connectivity index (χ1v) is 6.40. The molecule has 0 saturated carbocycles. The Hall–Kier alpha value is -1.55. The lowest BCUT2D eigenvalue weighted by Crippen LogP contribution is -2.39. The molecule has 100 valence electrons. The van der Waals surface area contributed by atoms with Crippen LogP contribution in [0.2, 0.25) is 0 Å². The van der Waals surface area contributed by atoms with Crippen LogP contribution in [0.1, 0.15) is 26.2 Å². The van der Waals surface area contributed by atoms with Crippen LogP contribution >= 0.6 is 0 Å². The third-order valence-corrected chi connectivity index (χ3v) is 2.71. The van der Waals surface area contributed by atoms with E-state index in [0.717, 1.165) is 38.2 Å². The molecule has 1 aromatic carbocycles. The molecule has 0 aromatic heterocycles. The number of ether oxygens (including phenoxy) is 1. The number of carbonyl (C=O) groups excluding carboxylic acids is 1. The Bertz CT molecular complexity index is 341. The third kappa shape index (κ3) is 6.25. The molecule has 0 aliphatic carbocycles. The molecule has 0 spiro atoms. The van der Waals surface area contributed by atoms with Gasteiger partial charge >= 0.3 is 0 Å². The number of unbranched alkanes of at least 4 members (excludes halogenated alkanes) is 2. The zero-order valence-corrected chi connectivity index (χ0v) is 10.9. The second-order valence-corrected chi connectivity index (χ2v) is 4.30.